The Labute approximate surface area is 84.9 Å². The van der Waals surface area contributed by atoms with Gasteiger partial charge >= 0.3 is 0 Å². The van der Waals surface area contributed by atoms with Gasteiger partial charge in [0.25, 0.3) is 0 Å². The molecule has 0 bridgehead atoms. The molecule has 4 nitrogen and oxygen atoms in total. The van der Waals surface area contributed by atoms with Crippen LogP contribution < -0.4 is 16.4 Å². The zero-order chi connectivity index (χ0) is 10.7. The molecule has 1 aromatic rings. The molecule has 0 fully saturated rings. The zero-order valence-corrected chi connectivity index (χ0v) is 8.99. The molecule has 1 rings (SSSR count). The smallest absolute Gasteiger partial charge is 0.149 e. The maximum atomic E-state index is 5.63. The van der Waals surface area contributed by atoms with Crippen LogP contribution in [-0.4, -0.2) is 18.6 Å². The number of nitrogen functional groups attached to an aromatic ring is 2. The van der Waals surface area contributed by atoms with Crippen LogP contribution in [0.3, 0.4) is 0 Å². The van der Waals surface area contributed by atoms with Crippen molar-refractivity contribution in [2.45, 2.75) is 13.8 Å². The van der Waals surface area contributed by atoms with E-state index in [1.807, 2.05) is 13.1 Å². The summed E-state index contributed by atoms with van der Waals surface area (Å²) in [5, 5.41) is 0. The van der Waals surface area contributed by atoms with E-state index in [-0.39, 0.29) is 0 Å². The summed E-state index contributed by atoms with van der Waals surface area (Å²) in [4.78, 5) is 6.27. The standard InChI is InChI=1S/C10H18N4/c1-7(2)6-14(3)9-5-4-8(11)10(12)13-9/h4-5,7H,6,11H2,1-3H3,(H2,12,13). The Balaban J connectivity index is 2.80. The van der Waals surface area contributed by atoms with Gasteiger partial charge < -0.3 is 16.4 Å². The highest BCUT2D eigenvalue weighted by molar-refractivity contribution is 5.61. The van der Waals surface area contributed by atoms with E-state index in [0.717, 1.165) is 12.4 Å². The summed E-state index contributed by atoms with van der Waals surface area (Å²) in [6.07, 6.45) is 0. The highest BCUT2D eigenvalue weighted by Crippen LogP contribution is 2.17. The number of pyridine rings is 1. The molecule has 0 unspecified atom stereocenters. The first kappa shape index (κ1) is 10.6. The van der Waals surface area contributed by atoms with E-state index in [9.17, 15) is 0 Å². The van der Waals surface area contributed by atoms with Crippen molar-refractivity contribution in [2.24, 2.45) is 5.92 Å². The summed E-state index contributed by atoms with van der Waals surface area (Å²) in [5.41, 5.74) is 11.7. The van der Waals surface area contributed by atoms with Crippen LogP contribution in [-0.2, 0) is 0 Å². The van der Waals surface area contributed by atoms with E-state index in [2.05, 4.69) is 23.7 Å². The van der Waals surface area contributed by atoms with E-state index in [1.165, 1.54) is 0 Å². The van der Waals surface area contributed by atoms with Crippen LogP contribution in [0.2, 0.25) is 0 Å². The molecule has 1 aromatic heterocycles. The van der Waals surface area contributed by atoms with Crippen molar-refractivity contribution in [3.8, 4) is 0 Å². The van der Waals surface area contributed by atoms with Crippen LogP contribution >= 0.6 is 0 Å². The van der Waals surface area contributed by atoms with Crippen molar-refractivity contribution < 1.29 is 0 Å². The second-order valence-corrected chi connectivity index (χ2v) is 3.92. The first-order valence-electron chi connectivity index (χ1n) is 4.74. The number of rotatable bonds is 3. The fourth-order valence-electron chi connectivity index (χ4n) is 1.33. The first-order chi connectivity index (χ1) is 6.50. The molecule has 0 aliphatic rings. The number of hydrogen-bond acceptors (Lipinski definition) is 4. The lowest BCUT2D eigenvalue weighted by Crippen LogP contribution is -2.23. The Morgan fingerprint density at radius 2 is 2.00 bits per heavy atom. The van der Waals surface area contributed by atoms with Crippen molar-refractivity contribution in [1.82, 2.24) is 4.98 Å². The van der Waals surface area contributed by atoms with E-state index in [1.54, 1.807) is 6.07 Å². The van der Waals surface area contributed by atoms with E-state index < -0.39 is 0 Å². The largest absolute Gasteiger partial charge is 0.396 e. The number of aromatic nitrogens is 1. The van der Waals surface area contributed by atoms with Gasteiger partial charge in [-0.25, -0.2) is 4.98 Å². The van der Waals surface area contributed by atoms with Crippen LogP contribution in [0.1, 0.15) is 13.8 Å². The van der Waals surface area contributed by atoms with Gasteiger partial charge in [0.05, 0.1) is 5.69 Å². The quantitative estimate of drug-likeness (QED) is 0.762. The molecule has 0 aliphatic carbocycles. The lowest BCUT2D eigenvalue weighted by atomic mass is 10.2. The SMILES string of the molecule is CC(C)CN(C)c1ccc(N)c(N)n1. The topological polar surface area (TPSA) is 68.2 Å². The maximum Gasteiger partial charge on any atom is 0.149 e. The lowest BCUT2D eigenvalue weighted by Gasteiger charge is -2.20. The molecule has 1 heterocycles. The van der Waals surface area contributed by atoms with Crippen LogP contribution in [0.5, 0.6) is 0 Å². The molecular formula is C10H18N4. The van der Waals surface area contributed by atoms with Crippen LogP contribution in [0.4, 0.5) is 17.3 Å². The molecule has 0 saturated heterocycles. The number of nitrogens with zero attached hydrogens (tertiary/aromatic N) is 2. The monoisotopic (exact) mass is 194 g/mol. The van der Waals surface area contributed by atoms with Gasteiger partial charge in [-0.3, -0.25) is 0 Å². The molecular weight excluding hydrogens is 176 g/mol. The maximum absolute atomic E-state index is 5.63. The van der Waals surface area contributed by atoms with Crippen molar-refractivity contribution in [3.63, 3.8) is 0 Å². The van der Waals surface area contributed by atoms with Crippen molar-refractivity contribution in [2.75, 3.05) is 30.0 Å². The lowest BCUT2D eigenvalue weighted by molar-refractivity contribution is 0.635. The third kappa shape index (κ3) is 2.52. The van der Waals surface area contributed by atoms with Crippen LogP contribution in [0.25, 0.3) is 0 Å². The minimum Gasteiger partial charge on any atom is -0.396 e. The second-order valence-electron chi connectivity index (χ2n) is 3.92. The Bertz CT molecular complexity index is 309. The van der Waals surface area contributed by atoms with Gasteiger partial charge in [0.1, 0.15) is 11.6 Å². The third-order valence-corrected chi connectivity index (χ3v) is 1.97. The van der Waals surface area contributed by atoms with Crippen molar-refractivity contribution in [1.29, 1.82) is 0 Å². The third-order valence-electron chi connectivity index (χ3n) is 1.97. The summed E-state index contributed by atoms with van der Waals surface area (Å²) in [7, 11) is 2.00. The molecule has 0 amide bonds. The first-order valence-corrected chi connectivity index (χ1v) is 4.74. The van der Waals surface area contributed by atoms with Gasteiger partial charge in [-0.1, -0.05) is 13.8 Å². The van der Waals surface area contributed by atoms with E-state index >= 15 is 0 Å². The minimum atomic E-state index is 0.401. The molecule has 0 radical (unpaired) electrons. The summed E-state index contributed by atoms with van der Waals surface area (Å²) >= 11 is 0. The van der Waals surface area contributed by atoms with Gasteiger partial charge in [0.15, 0.2) is 0 Å². The molecule has 0 aromatic carbocycles. The average Bonchev–Trinajstić information content (AvgIpc) is 2.08. The zero-order valence-electron chi connectivity index (χ0n) is 8.99. The van der Waals surface area contributed by atoms with Crippen LogP contribution in [0, 0.1) is 5.92 Å². The number of nitrogens with two attached hydrogens (primary N) is 2. The van der Waals surface area contributed by atoms with E-state index in [4.69, 9.17) is 11.5 Å². The fourth-order valence-corrected chi connectivity index (χ4v) is 1.33. The van der Waals surface area contributed by atoms with Gasteiger partial charge in [-0.15, -0.1) is 0 Å². The highest BCUT2D eigenvalue weighted by atomic mass is 15.2. The minimum absolute atomic E-state index is 0.401. The molecule has 0 atom stereocenters. The number of hydrogen-bond donors (Lipinski definition) is 2. The van der Waals surface area contributed by atoms with Gasteiger partial charge in [-0.2, -0.15) is 0 Å². The van der Waals surface area contributed by atoms with Gasteiger partial charge in [0.2, 0.25) is 0 Å². The molecule has 4 heteroatoms. The Kier molecular flexibility index (Phi) is 3.17. The summed E-state index contributed by atoms with van der Waals surface area (Å²) in [6, 6.07) is 3.67. The number of anilines is 3. The summed E-state index contributed by atoms with van der Waals surface area (Å²) < 4.78 is 0. The predicted octanol–water partition coefficient (Wildman–Crippen LogP) is 1.34. The van der Waals surface area contributed by atoms with Gasteiger partial charge in [-0.05, 0) is 18.1 Å². The molecule has 14 heavy (non-hydrogen) atoms. The molecule has 0 saturated carbocycles. The predicted molar refractivity (Wildman–Crippen MR) is 61.2 cm³/mol. The fraction of sp³-hybridized carbons (Fsp3) is 0.500. The van der Waals surface area contributed by atoms with Gasteiger partial charge in [0, 0.05) is 13.6 Å². The highest BCUT2D eigenvalue weighted by Gasteiger charge is 2.06. The van der Waals surface area contributed by atoms with Crippen molar-refractivity contribution >= 4 is 17.3 Å². The molecule has 4 N–H and O–H groups in total. The normalized spacial score (nSPS) is 10.6. The van der Waals surface area contributed by atoms with Crippen molar-refractivity contribution in [3.05, 3.63) is 12.1 Å². The Hall–Kier alpha value is -1.45. The summed E-state index contributed by atoms with van der Waals surface area (Å²) in [6.45, 7) is 5.28. The second kappa shape index (κ2) is 4.17. The molecule has 78 valence electrons. The Morgan fingerprint density at radius 1 is 1.36 bits per heavy atom. The molecule has 0 spiro atoms. The average molecular weight is 194 g/mol. The summed E-state index contributed by atoms with van der Waals surface area (Å²) in [5.74, 6) is 1.86. The van der Waals surface area contributed by atoms with E-state index in [0.29, 0.717) is 17.4 Å². The molecule has 0 aliphatic heterocycles. The van der Waals surface area contributed by atoms with Crippen LogP contribution in [0.15, 0.2) is 12.1 Å². The Morgan fingerprint density at radius 3 is 2.50 bits per heavy atom.